The van der Waals surface area contributed by atoms with Crippen molar-refractivity contribution in [1.82, 2.24) is 0 Å². The van der Waals surface area contributed by atoms with Crippen LogP contribution in [0.2, 0.25) is 0 Å². The third-order valence-electron chi connectivity index (χ3n) is 0.204. The molecule has 0 unspecified atom stereocenters. The van der Waals surface area contributed by atoms with Gasteiger partial charge in [-0.1, -0.05) is 0 Å². The molecule has 24 valence electrons. The number of hydrogen-bond donors (Lipinski definition) is 0. The van der Waals surface area contributed by atoms with Gasteiger partial charge < -0.3 is 0 Å². The van der Waals surface area contributed by atoms with Crippen LogP contribution in [0.5, 0.6) is 0 Å². The van der Waals surface area contributed by atoms with Gasteiger partial charge in [0.1, 0.15) is 0 Å². The van der Waals surface area contributed by atoms with Crippen LogP contribution >= 0.6 is 0 Å². The maximum Gasteiger partial charge on any atom is 0.186 e. The van der Waals surface area contributed by atoms with Gasteiger partial charge in [0.2, 0.25) is 0 Å². The third kappa shape index (κ3) is 3.34. The Hall–Kier alpha value is -0.663. The van der Waals surface area contributed by atoms with Crippen LogP contribution < -0.4 is 0 Å². The minimum Gasteiger partial charge on any atom is -0.127 e. The molecule has 0 saturated carbocycles. The molecule has 0 aromatic heterocycles. The number of hydrogen-bond acceptors (Lipinski definition) is 0. The molecule has 0 N–H and O–H groups in total. The molecule has 0 spiro atoms. The van der Waals surface area contributed by atoms with Gasteiger partial charge in [0, 0.05) is 0 Å². The molecule has 0 nitrogen and oxygen atoms in total. The third-order valence-corrected chi connectivity index (χ3v) is 0.612. The summed E-state index contributed by atoms with van der Waals surface area (Å²) in [5.74, 6) is 0. The van der Waals surface area contributed by atoms with Gasteiger partial charge in [-0.3, -0.25) is 0 Å². The van der Waals surface area contributed by atoms with Crippen LogP contribution in [0.4, 0.5) is 0 Å². The SMILES string of the molecule is C#C[SiH2]C#C. The fourth-order valence-corrected chi connectivity index (χ4v) is 0.177. The van der Waals surface area contributed by atoms with Gasteiger partial charge >= 0.3 is 0 Å². The average molecular weight is 80.2 g/mol. The normalized spacial score (nSPS) is 4.40. The quantitative estimate of drug-likeness (QED) is 0.267. The Kier molecular flexibility index (Phi) is 2.89. The first kappa shape index (κ1) is 4.34. The summed E-state index contributed by atoms with van der Waals surface area (Å²) in [6.07, 6.45) is 9.62. The van der Waals surface area contributed by atoms with Crippen LogP contribution in [0.3, 0.4) is 0 Å². The van der Waals surface area contributed by atoms with E-state index in [0.717, 1.165) is 0 Å². The van der Waals surface area contributed by atoms with Gasteiger partial charge in [0.25, 0.3) is 0 Å². The molecule has 0 amide bonds. The molecule has 0 saturated heterocycles. The molecular formula is C4H4Si. The summed E-state index contributed by atoms with van der Waals surface area (Å²) in [4.78, 5) is 0. The Morgan fingerprint density at radius 3 is 1.60 bits per heavy atom. The predicted octanol–water partition coefficient (Wildman–Crippen LogP) is -0.663. The van der Waals surface area contributed by atoms with Gasteiger partial charge in [0.05, 0.1) is 0 Å². The van der Waals surface area contributed by atoms with Crippen molar-refractivity contribution in [2.45, 2.75) is 0 Å². The van der Waals surface area contributed by atoms with Crippen LogP contribution in [-0.2, 0) is 0 Å². The molecule has 5 heavy (non-hydrogen) atoms. The van der Waals surface area contributed by atoms with Gasteiger partial charge in [-0.05, 0) is 0 Å². The van der Waals surface area contributed by atoms with Crippen molar-refractivity contribution in [3.05, 3.63) is 0 Å². The minimum absolute atomic E-state index is 0.512. The van der Waals surface area contributed by atoms with Crippen LogP contribution in [0.25, 0.3) is 0 Å². The van der Waals surface area contributed by atoms with Gasteiger partial charge in [-0.2, -0.15) is 0 Å². The van der Waals surface area contributed by atoms with Crippen LogP contribution in [-0.4, -0.2) is 9.52 Å². The predicted molar refractivity (Wildman–Crippen MR) is 26.2 cm³/mol. The van der Waals surface area contributed by atoms with E-state index < -0.39 is 9.52 Å². The highest BCUT2D eigenvalue weighted by atomic mass is 28.2. The summed E-state index contributed by atoms with van der Waals surface area (Å²) in [7, 11) is -0.512. The van der Waals surface area contributed by atoms with Crippen molar-refractivity contribution in [1.29, 1.82) is 0 Å². The van der Waals surface area contributed by atoms with E-state index in [1.165, 1.54) is 0 Å². The molecule has 0 rings (SSSR count). The lowest BCUT2D eigenvalue weighted by Gasteiger charge is -1.53. The number of terminal acetylenes is 2. The lowest BCUT2D eigenvalue weighted by molar-refractivity contribution is 2.87. The molecule has 0 heterocycles. The van der Waals surface area contributed by atoms with Gasteiger partial charge in [-0.15, -0.1) is 23.9 Å². The lowest BCUT2D eigenvalue weighted by Crippen LogP contribution is -1.70. The Labute approximate surface area is 34.4 Å². The summed E-state index contributed by atoms with van der Waals surface area (Å²) >= 11 is 0. The van der Waals surface area contributed by atoms with Crippen molar-refractivity contribution in [2.75, 3.05) is 0 Å². The molecule has 0 bridgehead atoms. The average Bonchev–Trinajstić information content (AvgIpc) is 1.41. The molecule has 0 aliphatic rings. The fourth-order valence-electron chi connectivity index (χ4n) is 0.0589. The molecule has 0 fully saturated rings. The summed E-state index contributed by atoms with van der Waals surface area (Å²) in [6, 6.07) is 0. The second-order valence-electron chi connectivity index (χ2n) is 0.585. The zero-order chi connectivity index (χ0) is 4.12. The number of rotatable bonds is 0. The van der Waals surface area contributed by atoms with E-state index in [9.17, 15) is 0 Å². The first-order chi connectivity index (χ1) is 2.41. The van der Waals surface area contributed by atoms with Crippen molar-refractivity contribution in [3.8, 4) is 23.9 Å². The van der Waals surface area contributed by atoms with Crippen molar-refractivity contribution in [2.24, 2.45) is 0 Å². The van der Waals surface area contributed by atoms with Crippen molar-refractivity contribution < 1.29 is 0 Å². The highest BCUT2D eigenvalue weighted by molar-refractivity contribution is 6.54. The molecular weight excluding hydrogens is 76.1 g/mol. The van der Waals surface area contributed by atoms with E-state index in [4.69, 9.17) is 12.8 Å². The standard InChI is InChI=1S/C4H4Si/c1-3-5-4-2/h1-2H,5H2. The Morgan fingerprint density at radius 1 is 1.20 bits per heavy atom. The summed E-state index contributed by atoms with van der Waals surface area (Å²) in [6.45, 7) is 0. The highest BCUT2D eigenvalue weighted by Crippen LogP contribution is 1.38. The summed E-state index contributed by atoms with van der Waals surface area (Å²) in [5, 5.41) is 0. The smallest absolute Gasteiger partial charge is 0.127 e. The summed E-state index contributed by atoms with van der Waals surface area (Å²) < 4.78 is 0. The van der Waals surface area contributed by atoms with E-state index >= 15 is 0 Å². The fraction of sp³-hybridized carbons (Fsp3) is 0. The monoisotopic (exact) mass is 80.0 g/mol. The molecule has 0 aromatic carbocycles. The highest BCUT2D eigenvalue weighted by Gasteiger charge is 1.55. The largest absolute Gasteiger partial charge is 0.186 e. The second-order valence-corrected chi connectivity index (χ2v) is 1.76. The van der Waals surface area contributed by atoms with E-state index in [0.29, 0.717) is 0 Å². The maximum absolute atomic E-state index is 4.81. The molecule has 1 heteroatoms. The first-order valence-electron chi connectivity index (χ1n) is 1.28. The molecule has 0 aromatic rings. The molecule has 0 radical (unpaired) electrons. The van der Waals surface area contributed by atoms with Gasteiger partial charge in [0.15, 0.2) is 9.52 Å². The zero-order valence-corrected chi connectivity index (χ0v) is 4.28. The summed E-state index contributed by atoms with van der Waals surface area (Å²) in [5.41, 5.74) is 4.84. The molecule has 0 aliphatic heterocycles. The van der Waals surface area contributed by atoms with E-state index in [1.54, 1.807) is 0 Å². The maximum atomic E-state index is 4.81. The lowest BCUT2D eigenvalue weighted by atomic mass is 11.4. The zero-order valence-electron chi connectivity index (χ0n) is 2.86. The van der Waals surface area contributed by atoms with Crippen molar-refractivity contribution in [3.63, 3.8) is 0 Å². The van der Waals surface area contributed by atoms with Gasteiger partial charge in [-0.25, -0.2) is 0 Å². The van der Waals surface area contributed by atoms with Crippen LogP contribution in [0.1, 0.15) is 0 Å². The van der Waals surface area contributed by atoms with E-state index in [2.05, 4.69) is 11.1 Å². The first-order valence-corrected chi connectivity index (χ1v) is 2.70. The Morgan fingerprint density at radius 2 is 1.60 bits per heavy atom. The van der Waals surface area contributed by atoms with Crippen molar-refractivity contribution >= 4 is 9.52 Å². The molecule has 0 atom stereocenters. The second kappa shape index (κ2) is 3.34. The topological polar surface area (TPSA) is 0 Å². The van der Waals surface area contributed by atoms with E-state index in [1.807, 2.05) is 0 Å². The van der Waals surface area contributed by atoms with E-state index in [-0.39, 0.29) is 0 Å². The minimum atomic E-state index is -0.512. The molecule has 0 aliphatic carbocycles. The van der Waals surface area contributed by atoms with Crippen LogP contribution in [0, 0.1) is 23.9 Å². The Bertz CT molecular complexity index is 68.8. The Balaban J connectivity index is 2.86. The van der Waals surface area contributed by atoms with Crippen LogP contribution in [0.15, 0.2) is 0 Å².